The Balaban J connectivity index is 2.07. The van der Waals surface area contributed by atoms with Crippen LogP contribution in [0, 0.1) is 6.92 Å². The highest BCUT2D eigenvalue weighted by molar-refractivity contribution is 5.96. The maximum absolute atomic E-state index is 11.9. The van der Waals surface area contributed by atoms with E-state index in [-0.39, 0.29) is 0 Å². The van der Waals surface area contributed by atoms with Crippen LogP contribution in [0.25, 0.3) is 0 Å². The highest BCUT2D eigenvalue weighted by atomic mass is 16.5. The summed E-state index contributed by atoms with van der Waals surface area (Å²) in [6.07, 6.45) is 1.67. The van der Waals surface area contributed by atoms with Crippen LogP contribution >= 0.6 is 0 Å². The molecule has 0 unspecified atom stereocenters. The fourth-order valence-corrected chi connectivity index (χ4v) is 1.99. The number of H-pyrrole nitrogens is 1. The minimum Gasteiger partial charge on any atom is -0.462 e. The van der Waals surface area contributed by atoms with Crippen molar-refractivity contribution in [1.82, 2.24) is 10.2 Å². The van der Waals surface area contributed by atoms with E-state index in [1.807, 2.05) is 43.3 Å². The van der Waals surface area contributed by atoms with Crippen LogP contribution in [-0.2, 0) is 4.74 Å². The number of carbonyl (C=O) groups excluding carboxylic acids is 1. The van der Waals surface area contributed by atoms with Gasteiger partial charge in [0.2, 0.25) is 0 Å². The zero-order valence-corrected chi connectivity index (χ0v) is 13.8. The molecule has 0 saturated carbocycles. The molecule has 0 atom stereocenters. The first-order valence-corrected chi connectivity index (χ1v) is 7.31. The first kappa shape index (κ1) is 16.5. The van der Waals surface area contributed by atoms with Gasteiger partial charge in [0.15, 0.2) is 5.82 Å². The smallest absolute Gasteiger partial charge is 0.343 e. The van der Waals surface area contributed by atoms with Gasteiger partial charge in [-0.05, 0) is 31.5 Å². The topological polar surface area (TPSA) is 82.6 Å². The number of aryl methyl sites for hydroxylation is 1. The molecule has 0 amide bonds. The number of benzene rings is 1. The van der Waals surface area contributed by atoms with E-state index in [0.717, 1.165) is 11.3 Å². The van der Waals surface area contributed by atoms with Crippen molar-refractivity contribution >= 4 is 23.7 Å². The van der Waals surface area contributed by atoms with Crippen molar-refractivity contribution in [2.24, 2.45) is 5.10 Å². The summed E-state index contributed by atoms with van der Waals surface area (Å²) in [5, 5.41) is 10.9. The van der Waals surface area contributed by atoms with E-state index >= 15 is 0 Å². The normalized spacial score (nSPS) is 10.8. The number of aromatic nitrogens is 2. The highest BCUT2D eigenvalue weighted by Crippen LogP contribution is 2.17. The molecule has 0 bridgehead atoms. The molecule has 0 spiro atoms. The number of nitrogens with one attached hydrogen (secondary N) is 2. The third kappa shape index (κ3) is 4.09. The zero-order chi connectivity index (χ0) is 16.8. The number of hydrogen-bond acceptors (Lipinski definition) is 6. The molecule has 0 saturated heterocycles. The summed E-state index contributed by atoms with van der Waals surface area (Å²) in [7, 11) is 3.98. The molecule has 0 aliphatic carbocycles. The molecule has 122 valence electrons. The monoisotopic (exact) mass is 315 g/mol. The molecular formula is C16H21N5O2. The minimum atomic E-state index is -0.424. The van der Waals surface area contributed by atoms with Gasteiger partial charge in [-0.2, -0.15) is 10.2 Å². The third-order valence-corrected chi connectivity index (χ3v) is 3.22. The molecule has 23 heavy (non-hydrogen) atoms. The number of rotatable bonds is 6. The lowest BCUT2D eigenvalue weighted by molar-refractivity contribution is 0.0526. The Morgan fingerprint density at radius 1 is 1.39 bits per heavy atom. The number of nitrogens with zero attached hydrogens (tertiary/aromatic N) is 3. The van der Waals surface area contributed by atoms with Crippen LogP contribution in [0.1, 0.15) is 28.5 Å². The van der Waals surface area contributed by atoms with Gasteiger partial charge in [-0.3, -0.25) is 10.5 Å². The van der Waals surface area contributed by atoms with Crippen LogP contribution in [0.15, 0.2) is 29.4 Å². The fraction of sp³-hybridized carbons (Fsp3) is 0.312. The van der Waals surface area contributed by atoms with Crippen molar-refractivity contribution in [2.45, 2.75) is 13.8 Å². The van der Waals surface area contributed by atoms with Crippen LogP contribution in [0.5, 0.6) is 0 Å². The number of hydrazone groups is 1. The summed E-state index contributed by atoms with van der Waals surface area (Å²) in [4.78, 5) is 13.9. The molecule has 0 fully saturated rings. The summed E-state index contributed by atoms with van der Waals surface area (Å²) in [6.45, 7) is 3.83. The number of hydrogen-bond donors (Lipinski definition) is 2. The van der Waals surface area contributed by atoms with Crippen molar-refractivity contribution in [1.29, 1.82) is 0 Å². The lowest BCUT2D eigenvalue weighted by Crippen LogP contribution is -2.08. The molecule has 0 aliphatic rings. The SMILES string of the molecule is CCOC(=O)c1c(N/N=C\c2ccc(N(C)C)cc2)n[nH]c1C. The molecule has 7 heteroatoms. The predicted octanol–water partition coefficient (Wildman–Crippen LogP) is 2.41. The van der Waals surface area contributed by atoms with E-state index in [0.29, 0.717) is 23.7 Å². The van der Waals surface area contributed by atoms with Crippen LogP contribution in [0.3, 0.4) is 0 Å². The zero-order valence-electron chi connectivity index (χ0n) is 13.8. The Kier molecular flexibility index (Phi) is 5.35. The van der Waals surface area contributed by atoms with Crippen LogP contribution < -0.4 is 10.3 Å². The van der Waals surface area contributed by atoms with Crippen molar-refractivity contribution in [3.63, 3.8) is 0 Å². The quantitative estimate of drug-likeness (QED) is 0.486. The van der Waals surface area contributed by atoms with E-state index in [9.17, 15) is 4.79 Å². The van der Waals surface area contributed by atoms with Gasteiger partial charge in [0.05, 0.1) is 12.8 Å². The number of aromatic amines is 1. The summed E-state index contributed by atoms with van der Waals surface area (Å²) < 4.78 is 5.01. The second-order valence-corrected chi connectivity index (χ2v) is 5.15. The maximum atomic E-state index is 11.9. The van der Waals surface area contributed by atoms with Gasteiger partial charge in [-0.25, -0.2) is 4.79 Å². The van der Waals surface area contributed by atoms with Crippen LogP contribution in [0.2, 0.25) is 0 Å². The van der Waals surface area contributed by atoms with Crippen LogP contribution in [-0.4, -0.2) is 43.1 Å². The first-order chi connectivity index (χ1) is 11.0. The third-order valence-electron chi connectivity index (χ3n) is 3.22. The van der Waals surface area contributed by atoms with Crippen molar-refractivity contribution < 1.29 is 9.53 Å². The van der Waals surface area contributed by atoms with Gasteiger partial charge < -0.3 is 9.64 Å². The van der Waals surface area contributed by atoms with E-state index in [1.165, 1.54) is 0 Å². The van der Waals surface area contributed by atoms with Gasteiger partial charge in [-0.1, -0.05) is 12.1 Å². The second kappa shape index (κ2) is 7.44. The second-order valence-electron chi connectivity index (χ2n) is 5.15. The fourth-order valence-electron chi connectivity index (χ4n) is 1.99. The molecule has 2 aromatic rings. The molecule has 1 aromatic carbocycles. The van der Waals surface area contributed by atoms with E-state index in [1.54, 1.807) is 20.1 Å². The molecule has 7 nitrogen and oxygen atoms in total. The summed E-state index contributed by atoms with van der Waals surface area (Å²) in [6, 6.07) is 7.93. The highest BCUT2D eigenvalue weighted by Gasteiger charge is 2.18. The van der Waals surface area contributed by atoms with Crippen LogP contribution in [0.4, 0.5) is 11.5 Å². The van der Waals surface area contributed by atoms with E-state index < -0.39 is 5.97 Å². The Bertz CT molecular complexity index is 689. The molecule has 2 rings (SSSR count). The number of carbonyl (C=O) groups is 1. The summed E-state index contributed by atoms with van der Waals surface area (Å²) in [5.74, 6) is -0.0751. The average Bonchev–Trinajstić information content (AvgIpc) is 2.89. The molecule has 0 radical (unpaired) electrons. The van der Waals surface area contributed by atoms with Gasteiger partial charge >= 0.3 is 5.97 Å². The number of anilines is 2. The Morgan fingerprint density at radius 3 is 2.70 bits per heavy atom. The molecule has 0 aliphatic heterocycles. The average molecular weight is 315 g/mol. The Morgan fingerprint density at radius 2 is 2.09 bits per heavy atom. The van der Waals surface area contributed by atoms with E-state index in [2.05, 4.69) is 20.7 Å². The first-order valence-electron chi connectivity index (χ1n) is 7.31. The van der Waals surface area contributed by atoms with Gasteiger partial charge in [0.1, 0.15) is 5.56 Å². The molecule has 2 N–H and O–H groups in total. The van der Waals surface area contributed by atoms with Gasteiger partial charge in [0.25, 0.3) is 0 Å². The Hall–Kier alpha value is -2.83. The van der Waals surface area contributed by atoms with Crippen molar-refractivity contribution in [2.75, 3.05) is 31.0 Å². The largest absolute Gasteiger partial charge is 0.462 e. The summed E-state index contributed by atoms with van der Waals surface area (Å²) >= 11 is 0. The lowest BCUT2D eigenvalue weighted by Gasteiger charge is -2.11. The van der Waals surface area contributed by atoms with E-state index in [4.69, 9.17) is 4.74 Å². The van der Waals surface area contributed by atoms with Crippen molar-refractivity contribution in [3.8, 4) is 0 Å². The van der Waals surface area contributed by atoms with Gasteiger partial charge in [0, 0.05) is 25.5 Å². The standard InChI is InChI=1S/C16H21N5O2/c1-5-23-16(22)14-11(2)18-20-15(14)19-17-10-12-6-8-13(9-7-12)21(3)4/h6-10H,5H2,1-4H3,(H2,18,19,20)/b17-10-. The number of esters is 1. The maximum Gasteiger partial charge on any atom is 0.343 e. The lowest BCUT2D eigenvalue weighted by atomic mass is 10.2. The van der Waals surface area contributed by atoms with Gasteiger partial charge in [-0.15, -0.1) is 0 Å². The molecule has 1 heterocycles. The minimum absolute atomic E-state index is 0.310. The van der Waals surface area contributed by atoms with Crippen molar-refractivity contribution in [3.05, 3.63) is 41.1 Å². The molecule has 1 aromatic heterocycles. The molecular weight excluding hydrogens is 294 g/mol. The number of ether oxygens (including phenoxy) is 1. The Labute approximate surface area is 135 Å². The predicted molar refractivity (Wildman–Crippen MR) is 91.3 cm³/mol. The summed E-state index contributed by atoms with van der Waals surface area (Å²) in [5.41, 5.74) is 5.83.